The highest BCUT2D eigenvalue weighted by Gasteiger charge is 2.29. The first-order valence-electron chi connectivity index (χ1n) is 14.0. The number of thioether (sulfide) groups is 2. The van der Waals surface area contributed by atoms with E-state index in [9.17, 15) is 32.6 Å². The van der Waals surface area contributed by atoms with Crippen LogP contribution in [0.5, 0.6) is 0 Å². The van der Waals surface area contributed by atoms with Crippen LogP contribution in [-0.4, -0.2) is 68.7 Å². The lowest BCUT2D eigenvalue weighted by Crippen LogP contribution is -2.44. The van der Waals surface area contributed by atoms with Crippen molar-refractivity contribution in [3.8, 4) is 0 Å². The van der Waals surface area contributed by atoms with E-state index in [1.807, 2.05) is 25.1 Å². The molecule has 1 aliphatic rings. The fraction of sp³-hybridized carbons (Fsp3) is 0.344. The Bertz CT molecular complexity index is 1570. The lowest BCUT2D eigenvalue weighted by atomic mass is 10.0. The zero-order valence-electron chi connectivity index (χ0n) is 25.6. The molecular formula is C32H35FN2O7S3. The molecule has 0 saturated carbocycles. The topological polar surface area (TPSA) is 136 Å². The van der Waals surface area contributed by atoms with Gasteiger partial charge in [0.25, 0.3) is 0 Å². The average Bonchev–Trinajstić information content (AvgIpc) is 3.22. The van der Waals surface area contributed by atoms with Gasteiger partial charge in [0, 0.05) is 53.7 Å². The normalized spacial score (nSPS) is 15.2. The molecule has 0 aromatic heterocycles. The molecule has 0 fully saturated rings. The number of nitrogens with one attached hydrogen (secondary N) is 2. The van der Waals surface area contributed by atoms with E-state index in [0.717, 1.165) is 45.8 Å². The standard InChI is InChI=1S/C32H35FN2O7S3/c1-6-42-31(39)28(34-19(3)36)16-44-32(40)29(35-20(4)37)17-43-30(38)15-26-18(2)25(24-12-9-22(33)14-27(24)26)13-21-7-10-23(11-8-21)45(5)41/h7-14,28-29H,6,15-17H2,1-5H3,(H,34,36)(H,35,37). The maximum atomic E-state index is 14.3. The summed E-state index contributed by atoms with van der Waals surface area (Å²) in [6.07, 6.45) is 3.50. The Morgan fingerprint density at radius 1 is 0.933 bits per heavy atom. The third-order valence-electron chi connectivity index (χ3n) is 6.71. The van der Waals surface area contributed by atoms with Crippen LogP contribution in [0.1, 0.15) is 50.8 Å². The molecule has 3 atom stereocenters. The van der Waals surface area contributed by atoms with Gasteiger partial charge in [0.05, 0.1) is 6.61 Å². The van der Waals surface area contributed by atoms with E-state index < -0.39 is 51.6 Å². The van der Waals surface area contributed by atoms with E-state index >= 15 is 0 Å². The summed E-state index contributed by atoms with van der Waals surface area (Å²) in [5, 5.41) is 4.22. The second kappa shape index (κ2) is 16.7. The fourth-order valence-electron chi connectivity index (χ4n) is 4.61. The van der Waals surface area contributed by atoms with E-state index in [1.165, 1.54) is 26.0 Å². The molecule has 0 heterocycles. The van der Waals surface area contributed by atoms with Gasteiger partial charge in [-0.3, -0.25) is 23.4 Å². The van der Waals surface area contributed by atoms with Gasteiger partial charge in [0.15, 0.2) is 5.12 Å². The molecule has 2 aromatic carbocycles. The third kappa shape index (κ3) is 10.2. The predicted molar refractivity (Wildman–Crippen MR) is 177 cm³/mol. The van der Waals surface area contributed by atoms with Crippen molar-refractivity contribution in [2.75, 3.05) is 24.4 Å². The highest BCUT2D eigenvalue weighted by molar-refractivity contribution is 8.15. The number of carbonyl (C=O) groups excluding carboxylic acids is 5. The first kappa shape index (κ1) is 35.9. The number of hydrogen-bond donors (Lipinski definition) is 2. The van der Waals surface area contributed by atoms with Gasteiger partial charge >= 0.3 is 5.97 Å². The van der Waals surface area contributed by atoms with E-state index in [2.05, 4.69) is 10.6 Å². The van der Waals surface area contributed by atoms with Crippen LogP contribution in [0.4, 0.5) is 4.39 Å². The van der Waals surface area contributed by atoms with E-state index in [-0.39, 0.29) is 29.6 Å². The molecular weight excluding hydrogens is 640 g/mol. The summed E-state index contributed by atoms with van der Waals surface area (Å²) in [4.78, 5) is 62.5. The molecule has 0 aliphatic heterocycles. The monoisotopic (exact) mass is 674 g/mol. The number of allylic oxidation sites excluding steroid dienone is 3. The van der Waals surface area contributed by atoms with Crippen molar-refractivity contribution in [2.24, 2.45) is 0 Å². The first-order valence-corrected chi connectivity index (χ1v) is 17.5. The van der Waals surface area contributed by atoms with Gasteiger partial charge in [-0.25, -0.2) is 9.18 Å². The van der Waals surface area contributed by atoms with Gasteiger partial charge in [0.1, 0.15) is 17.9 Å². The number of halogens is 1. The van der Waals surface area contributed by atoms with Gasteiger partial charge in [-0.15, -0.1) is 0 Å². The lowest BCUT2D eigenvalue weighted by molar-refractivity contribution is -0.146. The fourth-order valence-corrected chi connectivity index (χ4v) is 6.96. The zero-order chi connectivity index (χ0) is 33.3. The van der Waals surface area contributed by atoms with Gasteiger partial charge in [-0.1, -0.05) is 41.7 Å². The van der Waals surface area contributed by atoms with E-state index in [0.29, 0.717) is 16.0 Å². The van der Waals surface area contributed by atoms with Gasteiger partial charge in [-0.2, -0.15) is 0 Å². The predicted octanol–water partition coefficient (Wildman–Crippen LogP) is 4.37. The van der Waals surface area contributed by atoms with Crippen LogP contribution in [0.3, 0.4) is 0 Å². The van der Waals surface area contributed by atoms with E-state index in [1.54, 1.807) is 31.4 Å². The summed E-state index contributed by atoms with van der Waals surface area (Å²) < 4.78 is 31.1. The van der Waals surface area contributed by atoms with Crippen molar-refractivity contribution in [3.63, 3.8) is 0 Å². The summed E-state index contributed by atoms with van der Waals surface area (Å²) >= 11 is 1.61. The second-order valence-corrected chi connectivity index (χ2v) is 13.6. The summed E-state index contributed by atoms with van der Waals surface area (Å²) in [5.41, 5.74) is 4.54. The Balaban J connectivity index is 1.75. The minimum Gasteiger partial charge on any atom is -0.464 e. The highest BCUT2D eigenvalue weighted by Crippen LogP contribution is 2.44. The van der Waals surface area contributed by atoms with Crippen LogP contribution in [-0.2, 0) is 39.5 Å². The molecule has 2 amide bonds. The van der Waals surface area contributed by atoms with Crippen molar-refractivity contribution in [3.05, 3.63) is 70.5 Å². The van der Waals surface area contributed by atoms with Crippen molar-refractivity contribution in [2.45, 2.75) is 51.1 Å². The summed E-state index contributed by atoms with van der Waals surface area (Å²) in [7, 11) is -1.11. The lowest BCUT2D eigenvalue weighted by Gasteiger charge is -2.19. The Morgan fingerprint density at radius 2 is 1.56 bits per heavy atom. The SMILES string of the molecule is CCOC(=O)C(CSC(=O)C(CSC(=O)CC1=C(C)C(=Cc2ccc(S(C)=O)cc2)c2ccc(F)cc21)NC(C)=O)NC(C)=O. The number of rotatable bonds is 13. The summed E-state index contributed by atoms with van der Waals surface area (Å²) in [6.45, 7) is 6.06. The van der Waals surface area contributed by atoms with Crippen LogP contribution in [0, 0.1) is 5.82 Å². The Labute approximate surface area is 272 Å². The molecule has 240 valence electrons. The maximum absolute atomic E-state index is 14.3. The number of carbonyl (C=O) groups is 5. The summed E-state index contributed by atoms with van der Waals surface area (Å²) in [5.74, 6) is -2.25. The Hall–Kier alpha value is -3.55. The molecule has 0 spiro atoms. The van der Waals surface area contributed by atoms with Crippen LogP contribution in [0.2, 0.25) is 0 Å². The second-order valence-electron chi connectivity index (χ2n) is 10.1. The quantitative estimate of drug-likeness (QED) is 0.297. The van der Waals surface area contributed by atoms with Crippen molar-refractivity contribution in [1.29, 1.82) is 0 Å². The minimum absolute atomic E-state index is 0.0420. The molecule has 2 aromatic rings. The molecule has 3 unspecified atom stereocenters. The van der Waals surface area contributed by atoms with Crippen molar-refractivity contribution < 1.29 is 37.3 Å². The molecule has 45 heavy (non-hydrogen) atoms. The zero-order valence-corrected chi connectivity index (χ0v) is 28.0. The Kier molecular flexibility index (Phi) is 13.3. The molecule has 0 bridgehead atoms. The van der Waals surface area contributed by atoms with Crippen LogP contribution in [0.15, 0.2) is 52.9 Å². The first-order chi connectivity index (χ1) is 21.3. The average molecular weight is 675 g/mol. The van der Waals surface area contributed by atoms with Crippen LogP contribution in [0.25, 0.3) is 17.2 Å². The van der Waals surface area contributed by atoms with Crippen molar-refractivity contribution in [1.82, 2.24) is 10.6 Å². The molecule has 0 saturated heterocycles. The molecule has 9 nitrogen and oxygen atoms in total. The maximum Gasteiger partial charge on any atom is 0.329 e. The van der Waals surface area contributed by atoms with Gasteiger partial charge < -0.3 is 15.4 Å². The number of benzene rings is 2. The molecule has 0 radical (unpaired) electrons. The van der Waals surface area contributed by atoms with Crippen LogP contribution >= 0.6 is 23.5 Å². The number of ether oxygens (including phenoxy) is 1. The third-order valence-corrected chi connectivity index (χ3v) is 9.68. The van der Waals surface area contributed by atoms with Gasteiger partial charge in [-0.05, 0) is 77.6 Å². The number of fused-ring (bicyclic) bond motifs is 1. The molecule has 13 heteroatoms. The largest absolute Gasteiger partial charge is 0.464 e. The molecule has 1 aliphatic carbocycles. The van der Waals surface area contributed by atoms with Gasteiger partial charge in [0.2, 0.25) is 16.9 Å². The number of hydrogen-bond acceptors (Lipinski definition) is 9. The van der Waals surface area contributed by atoms with Crippen molar-refractivity contribution >= 4 is 79.6 Å². The minimum atomic E-state index is -1.11. The highest BCUT2D eigenvalue weighted by atomic mass is 32.2. The number of esters is 1. The van der Waals surface area contributed by atoms with Crippen LogP contribution < -0.4 is 10.6 Å². The Morgan fingerprint density at radius 3 is 2.16 bits per heavy atom. The molecule has 2 N–H and O–H groups in total. The number of amides is 2. The smallest absolute Gasteiger partial charge is 0.329 e. The van der Waals surface area contributed by atoms with E-state index in [4.69, 9.17) is 4.74 Å². The summed E-state index contributed by atoms with van der Waals surface area (Å²) in [6, 6.07) is 9.60. The molecule has 3 rings (SSSR count).